The number of carbonyl (C=O) groups excluding carboxylic acids is 1. The van der Waals surface area contributed by atoms with Crippen LogP contribution in [0.25, 0.3) is 23.0 Å². The minimum absolute atomic E-state index is 0.0892. The molecular weight excluding hydrogens is 474 g/mol. The zero-order chi connectivity index (χ0) is 24.4. The summed E-state index contributed by atoms with van der Waals surface area (Å²) in [6, 6.07) is 25.7. The number of thiocarbonyl (C=S) groups is 1. The summed E-state index contributed by atoms with van der Waals surface area (Å²) in [7, 11) is 1.65. The van der Waals surface area contributed by atoms with Crippen LogP contribution in [0.1, 0.15) is 16.7 Å². The van der Waals surface area contributed by atoms with E-state index in [-0.39, 0.29) is 5.91 Å². The van der Waals surface area contributed by atoms with E-state index in [1.807, 2.05) is 103 Å². The van der Waals surface area contributed by atoms with Crippen LogP contribution >= 0.6 is 24.0 Å². The van der Waals surface area contributed by atoms with Crippen LogP contribution in [-0.2, 0) is 11.3 Å². The van der Waals surface area contributed by atoms with E-state index in [9.17, 15) is 4.79 Å². The number of benzene rings is 3. The fourth-order valence-electron chi connectivity index (χ4n) is 3.99. The minimum atomic E-state index is -0.0892. The van der Waals surface area contributed by atoms with Crippen LogP contribution in [0.4, 0.5) is 0 Å². The van der Waals surface area contributed by atoms with E-state index in [1.54, 1.807) is 12.0 Å². The van der Waals surface area contributed by atoms with Crippen molar-refractivity contribution in [1.29, 1.82) is 0 Å². The Balaban J connectivity index is 1.55. The van der Waals surface area contributed by atoms with Crippen LogP contribution in [0.2, 0.25) is 0 Å². The Morgan fingerprint density at radius 1 is 1.03 bits per heavy atom. The van der Waals surface area contributed by atoms with Gasteiger partial charge in [-0.15, -0.1) is 0 Å². The fraction of sp³-hybridized carbons (Fsp3) is 0.107. The summed E-state index contributed by atoms with van der Waals surface area (Å²) in [6.07, 6.45) is 3.85. The van der Waals surface area contributed by atoms with Crippen LogP contribution in [0.15, 0.2) is 90.0 Å². The highest BCUT2D eigenvalue weighted by Crippen LogP contribution is 2.36. The van der Waals surface area contributed by atoms with Gasteiger partial charge in [0.15, 0.2) is 0 Å². The molecule has 1 aliphatic heterocycles. The number of nitrogens with zero attached hydrogens (tertiary/aromatic N) is 3. The van der Waals surface area contributed by atoms with Crippen LogP contribution < -0.4 is 4.74 Å². The van der Waals surface area contributed by atoms with Crippen LogP contribution in [0.3, 0.4) is 0 Å². The molecule has 7 heteroatoms. The van der Waals surface area contributed by atoms with Crippen LogP contribution in [0, 0.1) is 6.92 Å². The Morgan fingerprint density at radius 2 is 1.74 bits per heavy atom. The van der Waals surface area contributed by atoms with Gasteiger partial charge in [0.05, 0.1) is 24.2 Å². The first-order chi connectivity index (χ1) is 17.0. The van der Waals surface area contributed by atoms with Crippen molar-refractivity contribution in [3.8, 4) is 22.7 Å². The molecule has 35 heavy (non-hydrogen) atoms. The van der Waals surface area contributed by atoms with E-state index in [4.69, 9.17) is 22.1 Å². The Kier molecular flexibility index (Phi) is 6.53. The van der Waals surface area contributed by atoms with Gasteiger partial charge < -0.3 is 4.74 Å². The third-order valence-electron chi connectivity index (χ3n) is 5.80. The van der Waals surface area contributed by atoms with Crippen molar-refractivity contribution in [3.05, 3.63) is 107 Å². The zero-order valence-corrected chi connectivity index (χ0v) is 21.0. The molecule has 5 rings (SSSR count). The number of thioether (sulfide) groups is 1. The number of hydrogen-bond acceptors (Lipinski definition) is 5. The lowest BCUT2D eigenvalue weighted by Crippen LogP contribution is -2.27. The lowest BCUT2D eigenvalue weighted by molar-refractivity contribution is -0.122. The fourth-order valence-corrected chi connectivity index (χ4v) is 5.23. The normalized spacial score (nSPS) is 14.7. The second-order valence-corrected chi connectivity index (χ2v) is 9.82. The molecule has 5 nitrogen and oxygen atoms in total. The molecule has 1 fully saturated rings. The summed E-state index contributed by atoms with van der Waals surface area (Å²) in [4.78, 5) is 15.5. The molecule has 1 aromatic heterocycles. The molecule has 0 bridgehead atoms. The number of carbonyl (C=O) groups is 1. The molecule has 0 N–H and O–H groups in total. The first kappa shape index (κ1) is 23.1. The number of aryl methyl sites for hydroxylation is 1. The second-order valence-electron chi connectivity index (χ2n) is 8.15. The van der Waals surface area contributed by atoms with Crippen LogP contribution in [0.5, 0.6) is 5.75 Å². The first-order valence-electron chi connectivity index (χ1n) is 11.1. The highest BCUT2D eigenvalue weighted by molar-refractivity contribution is 8.26. The van der Waals surface area contributed by atoms with Gasteiger partial charge in [0.2, 0.25) is 0 Å². The Labute approximate surface area is 214 Å². The molecule has 1 aliphatic rings. The smallest absolute Gasteiger partial charge is 0.266 e. The first-order valence-corrected chi connectivity index (χ1v) is 12.4. The Morgan fingerprint density at radius 3 is 2.43 bits per heavy atom. The number of methoxy groups -OCH3 is 1. The van der Waals surface area contributed by atoms with Gasteiger partial charge in [0.25, 0.3) is 5.91 Å². The SMILES string of the molecule is COc1ccc(-c2nn(-c3ccccc3)cc2C=C2SC(=S)N(Cc3ccccc3)C2=O)c(C)c1. The summed E-state index contributed by atoms with van der Waals surface area (Å²) in [5, 5.41) is 4.90. The average molecular weight is 498 g/mol. The van der Waals surface area contributed by atoms with E-state index < -0.39 is 0 Å². The van der Waals surface area contributed by atoms with Crippen molar-refractivity contribution in [2.24, 2.45) is 0 Å². The van der Waals surface area contributed by atoms with Gasteiger partial charge in [-0.3, -0.25) is 9.69 Å². The van der Waals surface area contributed by atoms with Gasteiger partial charge in [-0.25, -0.2) is 4.68 Å². The average Bonchev–Trinajstić information content (AvgIpc) is 3.41. The maximum Gasteiger partial charge on any atom is 0.266 e. The van der Waals surface area contributed by atoms with E-state index in [2.05, 4.69) is 0 Å². The largest absolute Gasteiger partial charge is 0.497 e. The molecule has 0 spiro atoms. The van der Waals surface area contributed by atoms with Gasteiger partial charge >= 0.3 is 0 Å². The predicted molar refractivity (Wildman–Crippen MR) is 145 cm³/mol. The summed E-state index contributed by atoms with van der Waals surface area (Å²) in [5.74, 6) is 0.700. The lowest BCUT2D eigenvalue weighted by Gasteiger charge is -2.14. The monoisotopic (exact) mass is 497 g/mol. The highest BCUT2D eigenvalue weighted by Gasteiger charge is 2.32. The maximum absolute atomic E-state index is 13.3. The number of hydrogen-bond donors (Lipinski definition) is 0. The molecular formula is C28H23N3O2S2. The summed E-state index contributed by atoms with van der Waals surface area (Å²) < 4.78 is 7.78. The van der Waals surface area contributed by atoms with Gasteiger partial charge in [0, 0.05) is 17.3 Å². The maximum atomic E-state index is 13.3. The second kappa shape index (κ2) is 9.90. The molecule has 1 amide bonds. The number of rotatable bonds is 6. The number of amides is 1. The van der Waals surface area contributed by atoms with Crippen molar-refractivity contribution >= 4 is 40.3 Å². The number of para-hydroxylation sites is 1. The number of aromatic nitrogens is 2. The molecule has 4 aromatic rings. The molecule has 174 valence electrons. The molecule has 0 unspecified atom stereocenters. The van der Waals surface area contributed by atoms with Crippen molar-refractivity contribution in [1.82, 2.24) is 14.7 Å². The van der Waals surface area contributed by atoms with E-state index >= 15 is 0 Å². The molecule has 2 heterocycles. The summed E-state index contributed by atoms with van der Waals surface area (Å²) >= 11 is 6.89. The summed E-state index contributed by atoms with van der Waals surface area (Å²) in [5.41, 5.74) is 5.64. The molecule has 3 aromatic carbocycles. The summed E-state index contributed by atoms with van der Waals surface area (Å²) in [6.45, 7) is 2.49. The standard InChI is InChI=1S/C28H23N3O2S2/c1-19-15-23(33-2)13-14-24(19)26-21(18-31(29-26)22-11-7-4-8-12-22)16-25-27(32)30(28(34)35-25)17-20-9-5-3-6-10-20/h3-16,18H,17H2,1-2H3. The molecule has 0 radical (unpaired) electrons. The Bertz CT molecular complexity index is 1430. The van der Waals surface area contributed by atoms with Crippen molar-refractivity contribution in [3.63, 3.8) is 0 Å². The zero-order valence-electron chi connectivity index (χ0n) is 19.3. The van der Waals surface area contributed by atoms with Crippen molar-refractivity contribution < 1.29 is 9.53 Å². The van der Waals surface area contributed by atoms with Crippen LogP contribution in [-0.4, -0.2) is 32.0 Å². The van der Waals surface area contributed by atoms with Crippen molar-refractivity contribution in [2.75, 3.05) is 7.11 Å². The molecule has 0 aliphatic carbocycles. The van der Waals surface area contributed by atoms with E-state index in [0.717, 1.165) is 39.4 Å². The molecule has 1 saturated heterocycles. The van der Waals surface area contributed by atoms with Gasteiger partial charge in [0.1, 0.15) is 15.8 Å². The molecule has 0 saturated carbocycles. The number of ether oxygens (including phenoxy) is 1. The van der Waals surface area contributed by atoms with Gasteiger partial charge in [-0.05, 0) is 54.5 Å². The van der Waals surface area contributed by atoms with Gasteiger partial charge in [-0.2, -0.15) is 5.10 Å². The highest BCUT2D eigenvalue weighted by atomic mass is 32.2. The van der Waals surface area contributed by atoms with E-state index in [0.29, 0.717) is 15.8 Å². The quantitative estimate of drug-likeness (QED) is 0.233. The minimum Gasteiger partial charge on any atom is -0.497 e. The third kappa shape index (κ3) is 4.78. The molecule has 0 atom stereocenters. The Hall–Kier alpha value is -3.68. The topological polar surface area (TPSA) is 47.4 Å². The van der Waals surface area contributed by atoms with Gasteiger partial charge in [-0.1, -0.05) is 72.5 Å². The van der Waals surface area contributed by atoms with Crippen molar-refractivity contribution in [2.45, 2.75) is 13.5 Å². The predicted octanol–water partition coefficient (Wildman–Crippen LogP) is 6.26. The third-order valence-corrected chi connectivity index (χ3v) is 7.17. The van der Waals surface area contributed by atoms with E-state index in [1.165, 1.54) is 11.8 Å². The lowest BCUT2D eigenvalue weighted by atomic mass is 10.0.